The number of amides is 1. The number of H-pyrrole nitrogens is 1. The SMILES string of the molecule is [C-]#[N+]c1ccc(-n2nc(C)c(-c3ccc(CNC(=O)c4ccc5[nH]ncc5c4)c(F)c3)c2C)cc1Cl. The van der Waals surface area contributed by atoms with Crippen LogP contribution >= 0.6 is 11.6 Å². The molecule has 0 saturated carbocycles. The molecule has 9 heteroatoms. The summed E-state index contributed by atoms with van der Waals surface area (Å²) in [6.07, 6.45) is 1.65. The van der Waals surface area contributed by atoms with Crippen LogP contribution in [-0.2, 0) is 6.54 Å². The summed E-state index contributed by atoms with van der Waals surface area (Å²) in [5, 5.41) is 15.4. The molecule has 2 N–H and O–H groups in total. The number of carbonyl (C=O) groups excluding carboxylic acids is 1. The van der Waals surface area contributed by atoms with Gasteiger partial charge >= 0.3 is 0 Å². The van der Waals surface area contributed by atoms with Crippen LogP contribution in [0.3, 0.4) is 0 Å². The molecule has 36 heavy (non-hydrogen) atoms. The zero-order valence-corrected chi connectivity index (χ0v) is 20.2. The van der Waals surface area contributed by atoms with Crippen LogP contribution in [-0.4, -0.2) is 25.9 Å². The van der Waals surface area contributed by atoms with Gasteiger partial charge in [-0.15, -0.1) is 0 Å². The number of hydrogen-bond acceptors (Lipinski definition) is 3. The van der Waals surface area contributed by atoms with E-state index in [-0.39, 0.29) is 12.5 Å². The minimum atomic E-state index is -0.422. The number of nitrogens with one attached hydrogen (secondary N) is 2. The van der Waals surface area contributed by atoms with E-state index in [0.717, 1.165) is 27.9 Å². The van der Waals surface area contributed by atoms with Crippen molar-refractivity contribution in [2.45, 2.75) is 20.4 Å². The number of carbonyl (C=O) groups is 1. The van der Waals surface area contributed by atoms with Gasteiger partial charge < -0.3 is 5.32 Å². The fourth-order valence-corrected chi connectivity index (χ4v) is 4.45. The van der Waals surface area contributed by atoms with E-state index in [1.165, 1.54) is 6.07 Å². The maximum absolute atomic E-state index is 15.0. The number of aryl methyl sites for hydroxylation is 1. The summed E-state index contributed by atoms with van der Waals surface area (Å²) in [5.41, 5.74) is 5.81. The van der Waals surface area contributed by atoms with Crippen LogP contribution in [0.5, 0.6) is 0 Å². The van der Waals surface area contributed by atoms with Crippen molar-refractivity contribution in [1.29, 1.82) is 0 Å². The van der Waals surface area contributed by atoms with Crippen LogP contribution in [0.2, 0.25) is 5.02 Å². The van der Waals surface area contributed by atoms with Gasteiger partial charge in [0.15, 0.2) is 0 Å². The summed E-state index contributed by atoms with van der Waals surface area (Å²) in [4.78, 5) is 16.0. The molecule has 0 unspecified atom stereocenters. The fourth-order valence-electron chi connectivity index (χ4n) is 4.24. The van der Waals surface area contributed by atoms with Gasteiger partial charge in [-0.3, -0.25) is 9.89 Å². The molecule has 0 radical (unpaired) electrons. The Morgan fingerprint density at radius 2 is 2.00 bits per heavy atom. The molecule has 178 valence electrons. The molecule has 5 aromatic rings. The molecule has 2 aromatic heterocycles. The van der Waals surface area contributed by atoms with Crippen molar-refractivity contribution >= 4 is 34.1 Å². The Kier molecular flexibility index (Phi) is 6.00. The number of aromatic nitrogens is 4. The fraction of sp³-hybridized carbons (Fsp3) is 0.111. The van der Waals surface area contributed by atoms with E-state index in [4.69, 9.17) is 18.2 Å². The van der Waals surface area contributed by atoms with Crippen LogP contribution < -0.4 is 5.32 Å². The van der Waals surface area contributed by atoms with Gasteiger partial charge in [0, 0.05) is 39.3 Å². The van der Waals surface area contributed by atoms with Gasteiger partial charge in [-0.2, -0.15) is 10.2 Å². The molecular formula is C27H20ClFN6O. The number of rotatable bonds is 5. The third-order valence-electron chi connectivity index (χ3n) is 6.07. The van der Waals surface area contributed by atoms with Gasteiger partial charge in [0.05, 0.1) is 29.7 Å². The number of hydrogen-bond donors (Lipinski definition) is 2. The predicted octanol–water partition coefficient (Wildman–Crippen LogP) is 6.31. The standard InChI is InChI=1S/C27H20ClFN6O/c1-15-26(16(2)35(34-15)21-7-9-25(30-3)22(28)12-21)17-4-5-19(23(29)11-17)13-31-27(36)18-6-8-24-20(10-18)14-32-33-24/h4-12,14H,13H2,1-2H3,(H,31,36)(H,32,33). The first kappa shape index (κ1) is 23.3. The van der Waals surface area contributed by atoms with Gasteiger partial charge in [0.1, 0.15) is 5.82 Å². The topological polar surface area (TPSA) is 80.0 Å². The van der Waals surface area contributed by atoms with Crippen molar-refractivity contribution < 1.29 is 9.18 Å². The number of nitrogens with zero attached hydrogens (tertiary/aromatic N) is 4. The first-order chi connectivity index (χ1) is 17.4. The molecule has 0 atom stereocenters. The smallest absolute Gasteiger partial charge is 0.251 e. The molecule has 0 saturated heterocycles. The van der Waals surface area contributed by atoms with Crippen molar-refractivity contribution in [3.63, 3.8) is 0 Å². The van der Waals surface area contributed by atoms with Gasteiger partial charge in [-0.25, -0.2) is 13.9 Å². The second-order valence-corrected chi connectivity index (χ2v) is 8.77. The number of aromatic amines is 1. The lowest BCUT2D eigenvalue weighted by Gasteiger charge is -2.10. The third kappa shape index (κ3) is 4.21. The highest BCUT2D eigenvalue weighted by Crippen LogP contribution is 2.32. The maximum atomic E-state index is 15.0. The van der Waals surface area contributed by atoms with Crippen LogP contribution in [0.15, 0.2) is 60.8 Å². The molecule has 0 aliphatic heterocycles. The highest BCUT2D eigenvalue weighted by Gasteiger charge is 2.17. The Morgan fingerprint density at radius 3 is 2.75 bits per heavy atom. The third-order valence-corrected chi connectivity index (χ3v) is 6.37. The molecule has 0 bridgehead atoms. The molecule has 0 aliphatic rings. The van der Waals surface area contributed by atoms with Crippen molar-refractivity contribution in [1.82, 2.24) is 25.3 Å². The van der Waals surface area contributed by atoms with Gasteiger partial charge in [0.2, 0.25) is 5.69 Å². The average molecular weight is 499 g/mol. The first-order valence-electron chi connectivity index (χ1n) is 11.1. The Balaban J connectivity index is 1.37. The van der Waals surface area contributed by atoms with Crippen LogP contribution in [0.1, 0.15) is 27.3 Å². The summed E-state index contributed by atoms with van der Waals surface area (Å²) in [6, 6.07) is 15.3. The van der Waals surface area contributed by atoms with E-state index in [1.54, 1.807) is 53.3 Å². The maximum Gasteiger partial charge on any atom is 0.251 e. The second-order valence-electron chi connectivity index (χ2n) is 8.37. The van der Waals surface area contributed by atoms with Crippen LogP contribution in [0.4, 0.5) is 10.1 Å². The molecule has 0 fully saturated rings. The Bertz CT molecular complexity index is 1680. The van der Waals surface area contributed by atoms with Gasteiger partial charge in [-0.05, 0) is 55.8 Å². The lowest BCUT2D eigenvalue weighted by molar-refractivity contribution is 0.0950. The number of fused-ring (bicyclic) bond motifs is 1. The minimum Gasteiger partial charge on any atom is -0.348 e. The van der Waals surface area contributed by atoms with Crippen LogP contribution in [0.25, 0.3) is 32.6 Å². The molecule has 1 amide bonds. The van der Waals surface area contributed by atoms with Crippen molar-refractivity contribution in [3.05, 3.63) is 106 Å². The van der Waals surface area contributed by atoms with E-state index >= 15 is 4.39 Å². The van der Waals surface area contributed by atoms with Crippen molar-refractivity contribution in [2.75, 3.05) is 0 Å². The van der Waals surface area contributed by atoms with Crippen molar-refractivity contribution in [2.24, 2.45) is 0 Å². The van der Waals surface area contributed by atoms with E-state index in [0.29, 0.717) is 33.1 Å². The van der Waals surface area contributed by atoms with E-state index in [2.05, 4.69) is 25.5 Å². The zero-order valence-electron chi connectivity index (χ0n) is 19.4. The molecule has 7 nitrogen and oxygen atoms in total. The molecule has 5 rings (SSSR count). The molecule has 0 spiro atoms. The largest absolute Gasteiger partial charge is 0.348 e. The predicted molar refractivity (Wildman–Crippen MR) is 137 cm³/mol. The lowest BCUT2D eigenvalue weighted by atomic mass is 10.0. The minimum absolute atomic E-state index is 0.0531. The zero-order chi connectivity index (χ0) is 25.4. The monoisotopic (exact) mass is 498 g/mol. The van der Waals surface area contributed by atoms with E-state index in [9.17, 15) is 4.79 Å². The highest BCUT2D eigenvalue weighted by molar-refractivity contribution is 6.33. The molecule has 2 heterocycles. The van der Waals surface area contributed by atoms with Gasteiger partial charge in [0.25, 0.3) is 5.91 Å². The Hall–Kier alpha value is -4.48. The highest BCUT2D eigenvalue weighted by atomic mass is 35.5. The summed E-state index contributed by atoms with van der Waals surface area (Å²) < 4.78 is 16.8. The second kappa shape index (κ2) is 9.29. The van der Waals surface area contributed by atoms with Gasteiger partial charge in [-0.1, -0.05) is 29.8 Å². The summed E-state index contributed by atoms with van der Waals surface area (Å²) in [5.74, 6) is -0.716. The summed E-state index contributed by atoms with van der Waals surface area (Å²) in [7, 11) is 0. The molecule has 3 aromatic carbocycles. The van der Waals surface area contributed by atoms with E-state index < -0.39 is 5.82 Å². The number of halogens is 2. The summed E-state index contributed by atoms with van der Waals surface area (Å²) in [6.45, 7) is 11.0. The number of benzene rings is 3. The first-order valence-corrected chi connectivity index (χ1v) is 11.5. The van der Waals surface area contributed by atoms with E-state index in [1.807, 2.05) is 19.9 Å². The van der Waals surface area contributed by atoms with Crippen molar-refractivity contribution in [3.8, 4) is 16.8 Å². The molecule has 0 aliphatic carbocycles. The Labute approximate surface area is 211 Å². The lowest BCUT2D eigenvalue weighted by Crippen LogP contribution is -2.23. The summed E-state index contributed by atoms with van der Waals surface area (Å²) >= 11 is 6.21. The quantitative estimate of drug-likeness (QED) is 0.279. The average Bonchev–Trinajstić information content (AvgIpc) is 3.46. The van der Waals surface area contributed by atoms with Crippen LogP contribution in [0, 0.1) is 26.2 Å². The Morgan fingerprint density at radius 1 is 1.17 bits per heavy atom. The molecular weight excluding hydrogens is 479 g/mol. The normalized spacial score (nSPS) is 11.0.